The Hall–Kier alpha value is -0.866. The Labute approximate surface area is 158 Å². The topological polar surface area (TPSA) is 0 Å². The zero-order valence-electron chi connectivity index (χ0n) is 18.2. The van der Waals surface area contributed by atoms with Crippen LogP contribution in [0.3, 0.4) is 0 Å². The molecule has 0 amide bonds. The maximum atomic E-state index is 2.62. The van der Waals surface area contributed by atoms with Crippen LogP contribution in [0, 0.1) is 12.8 Å². The lowest BCUT2D eigenvalue weighted by Gasteiger charge is -2.37. The van der Waals surface area contributed by atoms with Crippen LogP contribution in [0.15, 0.2) is 40.1 Å². The first-order valence-corrected chi connectivity index (χ1v) is 15.9. The van der Waals surface area contributed by atoms with E-state index in [1.54, 1.807) is 27.1 Å². The van der Waals surface area contributed by atoms with E-state index in [0.29, 0.717) is 5.92 Å². The van der Waals surface area contributed by atoms with E-state index in [1.165, 1.54) is 17.7 Å². The highest BCUT2D eigenvalue weighted by molar-refractivity contribution is 6.98. The maximum absolute atomic E-state index is 2.62. The second-order valence-electron chi connectivity index (χ2n) is 9.20. The Morgan fingerprint density at radius 1 is 0.800 bits per heavy atom. The summed E-state index contributed by atoms with van der Waals surface area (Å²) >= 11 is 0. The summed E-state index contributed by atoms with van der Waals surface area (Å²) in [6, 6.07) is 10.2. The number of hydrogen-bond acceptors (Lipinski definition) is 0. The number of allylic oxidation sites excluding steroid dienone is 4. The molecule has 1 aromatic carbocycles. The maximum Gasteiger partial charge on any atom is 0.114 e. The molecule has 0 aliphatic heterocycles. The Bertz CT molecular complexity index is 725. The Morgan fingerprint density at radius 2 is 1.32 bits per heavy atom. The molecule has 1 aliphatic carbocycles. The third-order valence-electron chi connectivity index (χ3n) is 6.86. The summed E-state index contributed by atoms with van der Waals surface area (Å²) in [6.07, 6.45) is 0. The first kappa shape index (κ1) is 20.4. The average molecular weight is 371 g/mol. The standard InChI is InChI=1S/C23H38Si2/c1-11-25(12-2,23-19(6)17(4)18(5)20(23)7)22-14-16(3)13-21(15-22)24(8,9)10/h13-15,19H,11-12H2,1-10H3. The Balaban J connectivity index is 2.74. The van der Waals surface area contributed by atoms with Crippen LogP contribution in [0.5, 0.6) is 0 Å². The molecule has 138 valence electrons. The lowest BCUT2D eigenvalue weighted by molar-refractivity contribution is 0.844. The van der Waals surface area contributed by atoms with Crippen molar-refractivity contribution in [2.24, 2.45) is 5.92 Å². The molecule has 0 nitrogen and oxygen atoms in total. The quantitative estimate of drug-likeness (QED) is 0.551. The third-order valence-corrected chi connectivity index (χ3v) is 14.5. The van der Waals surface area contributed by atoms with E-state index >= 15 is 0 Å². The van der Waals surface area contributed by atoms with Gasteiger partial charge < -0.3 is 0 Å². The van der Waals surface area contributed by atoms with Crippen molar-refractivity contribution in [1.82, 2.24) is 0 Å². The molecule has 0 radical (unpaired) electrons. The molecule has 1 aliphatic rings. The van der Waals surface area contributed by atoms with Crippen molar-refractivity contribution in [2.75, 3.05) is 0 Å². The summed E-state index contributed by atoms with van der Waals surface area (Å²) in [5, 5.41) is 5.14. The molecule has 0 spiro atoms. The zero-order valence-corrected chi connectivity index (χ0v) is 20.2. The predicted molar refractivity (Wildman–Crippen MR) is 121 cm³/mol. The second kappa shape index (κ2) is 7.04. The SMILES string of the molecule is CC[Si](CC)(C1=C(C)C(C)=C(C)C1C)c1cc(C)cc([Si](C)(C)C)c1. The number of benzene rings is 1. The van der Waals surface area contributed by atoms with Crippen molar-refractivity contribution in [3.8, 4) is 0 Å². The third kappa shape index (κ3) is 3.40. The number of rotatable bonds is 5. The van der Waals surface area contributed by atoms with E-state index in [2.05, 4.69) is 86.3 Å². The van der Waals surface area contributed by atoms with E-state index in [9.17, 15) is 0 Å². The molecule has 0 fully saturated rings. The van der Waals surface area contributed by atoms with Crippen LogP contribution in [0.2, 0.25) is 31.7 Å². The highest BCUT2D eigenvalue weighted by Gasteiger charge is 2.42. The first-order valence-electron chi connectivity index (χ1n) is 10.0. The van der Waals surface area contributed by atoms with Gasteiger partial charge in [0, 0.05) is 0 Å². The van der Waals surface area contributed by atoms with Gasteiger partial charge in [-0.15, -0.1) is 0 Å². The van der Waals surface area contributed by atoms with Gasteiger partial charge in [-0.1, -0.05) is 103 Å². The van der Waals surface area contributed by atoms with Gasteiger partial charge in [0.05, 0.1) is 8.07 Å². The van der Waals surface area contributed by atoms with Crippen LogP contribution in [0.25, 0.3) is 0 Å². The molecule has 0 heterocycles. The molecule has 25 heavy (non-hydrogen) atoms. The van der Waals surface area contributed by atoms with Gasteiger partial charge in [-0.3, -0.25) is 0 Å². The molecule has 0 saturated heterocycles. The van der Waals surface area contributed by atoms with Crippen molar-refractivity contribution in [3.63, 3.8) is 0 Å². The molecule has 1 atom stereocenters. The van der Waals surface area contributed by atoms with E-state index in [4.69, 9.17) is 0 Å². The van der Waals surface area contributed by atoms with Gasteiger partial charge in [0.2, 0.25) is 0 Å². The largest absolute Gasteiger partial charge is 0.114 e. The molecule has 1 aromatic rings. The summed E-state index contributed by atoms with van der Waals surface area (Å²) in [6.45, 7) is 24.2. The fourth-order valence-corrected chi connectivity index (χ4v) is 11.5. The smallest absolute Gasteiger partial charge is 0.0672 e. The molecule has 1 unspecified atom stereocenters. The molecule has 0 aromatic heterocycles. The van der Waals surface area contributed by atoms with Gasteiger partial charge in [0.1, 0.15) is 8.07 Å². The predicted octanol–water partition coefficient (Wildman–Crippen LogP) is 6.08. The molecule has 2 rings (SSSR count). The van der Waals surface area contributed by atoms with Crippen LogP contribution in [0.1, 0.15) is 47.1 Å². The number of hydrogen-bond donors (Lipinski definition) is 0. The van der Waals surface area contributed by atoms with Gasteiger partial charge in [-0.25, -0.2) is 0 Å². The zero-order chi connectivity index (χ0) is 19.2. The van der Waals surface area contributed by atoms with Crippen LogP contribution >= 0.6 is 0 Å². The monoisotopic (exact) mass is 370 g/mol. The fraction of sp³-hybridized carbons (Fsp3) is 0.565. The van der Waals surface area contributed by atoms with Crippen molar-refractivity contribution < 1.29 is 0 Å². The highest BCUT2D eigenvalue weighted by Crippen LogP contribution is 2.43. The van der Waals surface area contributed by atoms with Crippen LogP contribution < -0.4 is 10.4 Å². The lowest BCUT2D eigenvalue weighted by atomic mass is 10.1. The van der Waals surface area contributed by atoms with Gasteiger partial charge in [-0.2, -0.15) is 0 Å². The minimum Gasteiger partial charge on any atom is -0.0672 e. The molecule has 2 heteroatoms. The second-order valence-corrected chi connectivity index (χ2v) is 19.0. The molecular formula is C23H38Si2. The molecule has 0 N–H and O–H groups in total. The van der Waals surface area contributed by atoms with E-state index in [1.807, 2.05) is 5.20 Å². The molecule has 0 saturated carbocycles. The molecular weight excluding hydrogens is 332 g/mol. The minimum absolute atomic E-state index is 0.627. The summed E-state index contributed by atoms with van der Waals surface area (Å²) in [4.78, 5) is 0. The van der Waals surface area contributed by atoms with Crippen molar-refractivity contribution in [2.45, 2.75) is 80.2 Å². The van der Waals surface area contributed by atoms with Gasteiger partial charge in [-0.05, 0) is 39.2 Å². The average Bonchev–Trinajstić information content (AvgIpc) is 2.73. The number of aryl methyl sites for hydroxylation is 1. The summed E-state index contributed by atoms with van der Waals surface area (Å²) < 4.78 is 0. The van der Waals surface area contributed by atoms with Crippen molar-refractivity contribution in [3.05, 3.63) is 45.7 Å². The fourth-order valence-electron chi connectivity index (χ4n) is 4.82. The van der Waals surface area contributed by atoms with E-state index in [-0.39, 0.29) is 0 Å². The minimum atomic E-state index is -1.68. The Morgan fingerprint density at radius 3 is 1.72 bits per heavy atom. The van der Waals surface area contributed by atoms with Crippen LogP contribution in [-0.4, -0.2) is 16.1 Å². The first-order chi connectivity index (χ1) is 11.5. The Kier molecular flexibility index (Phi) is 5.75. The summed E-state index contributed by atoms with van der Waals surface area (Å²) in [5.74, 6) is 0.627. The van der Waals surface area contributed by atoms with Gasteiger partial charge in [0.25, 0.3) is 0 Å². The van der Waals surface area contributed by atoms with Crippen LogP contribution in [0.4, 0.5) is 0 Å². The summed E-state index contributed by atoms with van der Waals surface area (Å²) in [7, 11) is -2.98. The van der Waals surface area contributed by atoms with Crippen molar-refractivity contribution >= 4 is 26.5 Å². The van der Waals surface area contributed by atoms with Crippen LogP contribution in [-0.2, 0) is 0 Å². The van der Waals surface area contributed by atoms with Crippen molar-refractivity contribution in [1.29, 1.82) is 0 Å². The van der Waals surface area contributed by atoms with E-state index in [0.717, 1.165) is 0 Å². The van der Waals surface area contributed by atoms with Gasteiger partial charge >= 0.3 is 0 Å². The summed E-state index contributed by atoms with van der Waals surface area (Å²) in [5.41, 5.74) is 6.22. The van der Waals surface area contributed by atoms with E-state index < -0.39 is 16.1 Å². The van der Waals surface area contributed by atoms with Gasteiger partial charge in [0.15, 0.2) is 0 Å². The lowest BCUT2D eigenvalue weighted by Crippen LogP contribution is -2.53. The molecule has 0 bridgehead atoms. The normalized spacial score (nSPS) is 19.2. The highest BCUT2D eigenvalue weighted by atomic mass is 28.3.